The Morgan fingerprint density at radius 3 is 2.48 bits per heavy atom. The number of nitrogens with two attached hydrogens (primary N) is 1. The largest absolute Gasteiger partial charge is 0.493 e. The van der Waals surface area contributed by atoms with Crippen LogP contribution in [-0.2, 0) is 6.54 Å². The van der Waals surface area contributed by atoms with Gasteiger partial charge in [-0.1, -0.05) is 0 Å². The zero-order valence-corrected chi connectivity index (χ0v) is 15.2. The molecule has 0 saturated carbocycles. The van der Waals surface area contributed by atoms with Crippen LogP contribution in [0.25, 0.3) is 10.9 Å². The summed E-state index contributed by atoms with van der Waals surface area (Å²) in [5.41, 5.74) is 0.841. The molecule has 1 heterocycles. The summed E-state index contributed by atoms with van der Waals surface area (Å²) in [6.45, 7) is 2.22. The Morgan fingerprint density at radius 1 is 1.11 bits per heavy atom. The highest BCUT2D eigenvalue weighted by Crippen LogP contribution is 2.29. The molecule has 142 valence electrons. The van der Waals surface area contributed by atoms with E-state index in [1.165, 1.54) is 26.4 Å². The number of quaternary nitrogens is 1. The van der Waals surface area contributed by atoms with Crippen molar-refractivity contribution in [3.63, 3.8) is 0 Å². The first-order valence-electron chi connectivity index (χ1n) is 8.36. The molecule has 2 aromatic carbocycles. The number of benzene rings is 2. The third-order valence-corrected chi connectivity index (χ3v) is 4.39. The van der Waals surface area contributed by atoms with Gasteiger partial charge in [0.1, 0.15) is 12.6 Å². The van der Waals surface area contributed by atoms with Crippen LogP contribution in [0.4, 0.5) is 8.78 Å². The molecule has 0 bridgehead atoms. The Balaban J connectivity index is 1.84. The number of hydrogen-bond donors (Lipinski definition) is 2. The van der Waals surface area contributed by atoms with Crippen LogP contribution >= 0.6 is 0 Å². The lowest BCUT2D eigenvalue weighted by molar-refractivity contribution is -0.708. The number of rotatable bonds is 6. The van der Waals surface area contributed by atoms with Crippen LogP contribution in [0, 0.1) is 11.6 Å². The molecule has 0 amide bonds. The van der Waals surface area contributed by atoms with Gasteiger partial charge in [-0.2, -0.15) is 0 Å². The monoisotopic (exact) mass is 376 g/mol. The van der Waals surface area contributed by atoms with Gasteiger partial charge in [0.2, 0.25) is 0 Å². The zero-order chi connectivity index (χ0) is 19.6. The van der Waals surface area contributed by atoms with Gasteiger partial charge in [0.15, 0.2) is 29.0 Å². The van der Waals surface area contributed by atoms with E-state index in [0.29, 0.717) is 40.3 Å². The van der Waals surface area contributed by atoms with Crippen molar-refractivity contribution in [3.05, 3.63) is 63.7 Å². The van der Waals surface area contributed by atoms with E-state index in [-0.39, 0.29) is 11.6 Å². The molecule has 3 N–H and O–H groups in total. The maximum absolute atomic E-state index is 13.4. The molecule has 0 unspecified atom stereocenters. The second-order valence-electron chi connectivity index (χ2n) is 6.14. The van der Waals surface area contributed by atoms with Crippen LogP contribution in [0.15, 0.2) is 35.1 Å². The molecule has 1 aromatic heterocycles. The predicted octanol–water partition coefficient (Wildman–Crippen LogP) is 2.04. The minimum absolute atomic E-state index is 0.147. The van der Waals surface area contributed by atoms with E-state index >= 15 is 0 Å². The number of nitrogens with zero attached hydrogens (tertiary/aromatic N) is 1. The van der Waals surface area contributed by atoms with Crippen LogP contribution < -0.4 is 20.3 Å². The lowest BCUT2D eigenvalue weighted by Gasteiger charge is -2.12. The molecule has 0 fully saturated rings. The van der Waals surface area contributed by atoms with E-state index in [4.69, 9.17) is 9.47 Å². The first-order chi connectivity index (χ1) is 12.9. The van der Waals surface area contributed by atoms with Crippen LogP contribution in [0.2, 0.25) is 0 Å². The third kappa shape index (κ3) is 3.90. The average Bonchev–Trinajstić information content (AvgIpc) is 2.67. The van der Waals surface area contributed by atoms with E-state index in [2.05, 4.69) is 9.97 Å². The summed E-state index contributed by atoms with van der Waals surface area (Å²) in [7, 11) is 3.00. The molecule has 0 aliphatic heterocycles. The average molecular weight is 376 g/mol. The molecule has 0 spiro atoms. The van der Waals surface area contributed by atoms with Gasteiger partial charge < -0.3 is 19.8 Å². The number of ether oxygens (including phenoxy) is 2. The van der Waals surface area contributed by atoms with Crippen LogP contribution in [0.3, 0.4) is 0 Å². The number of halogens is 2. The van der Waals surface area contributed by atoms with Gasteiger partial charge in [0, 0.05) is 11.6 Å². The molecule has 0 saturated heterocycles. The lowest BCUT2D eigenvalue weighted by atomic mass is 10.1. The Kier molecular flexibility index (Phi) is 5.36. The number of hydrogen-bond acceptors (Lipinski definition) is 4. The van der Waals surface area contributed by atoms with Gasteiger partial charge in [-0.3, -0.25) is 4.79 Å². The SMILES string of the molecule is COc1cc2nc(C[NH2+][C@H](C)c3ccc(F)c(F)c3)[nH]c(=O)c2cc1OC. The summed E-state index contributed by atoms with van der Waals surface area (Å²) in [5.74, 6) is -0.368. The van der Waals surface area contributed by atoms with E-state index in [9.17, 15) is 13.6 Å². The van der Waals surface area contributed by atoms with E-state index in [1.807, 2.05) is 12.2 Å². The minimum Gasteiger partial charge on any atom is -0.493 e. The molecule has 27 heavy (non-hydrogen) atoms. The predicted molar refractivity (Wildman–Crippen MR) is 95.9 cm³/mol. The fraction of sp³-hybridized carbons (Fsp3) is 0.263. The normalized spacial score (nSPS) is 12.2. The topological polar surface area (TPSA) is 80.8 Å². The number of aromatic nitrogens is 2. The highest BCUT2D eigenvalue weighted by atomic mass is 19.2. The van der Waals surface area contributed by atoms with E-state index < -0.39 is 11.6 Å². The lowest BCUT2D eigenvalue weighted by Crippen LogP contribution is -2.83. The van der Waals surface area contributed by atoms with Gasteiger partial charge in [-0.15, -0.1) is 0 Å². The fourth-order valence-electron chi connectivity index (χ4n) is 2.83. The van der Waals surface area contributed by atoms with Crippen LogP contribution in [0.1, 0.15) is 24.4 Å². The first-order valence-corrected chi connectivity index (χ1v) is 8.36. The van der Waals surface area contributed by atoms with Crippen molar-refractivity contribution in [2.75, 3.05) is 14.2 Å². The molecule has 0 radical (unpaired) electrons. The number of fused-ring (bicyclic) bond motifs is 1. The third-order valence-electron chi connectivity index (χ3n) is 4.39. The molecule has 8 heteroatoms. The molecule has 6 nitrogen and oxygen atoms in total. The molecule has 0 aliphatic rings. The Morgan fingerprint density at radius 2 is 1.81 bits per heavy atom. The maximum Gasteiger partial charge on any atom is 0.259 e. The number of methoxy groups -OCH3 is 2. The van der Waals surface area contributed by atoms with Gasteiger partial charge >= 0.3 is 0 Å². The Bertz CT molecular complexity index is 1040. The second kappa shape index (κ2) is 7.71. The molecule has 3 rings (SSSR count). The number of H-pyrrole nitrogens is 1. The summed E-state index contributed by atoms with van der Waals surface area (Å²) in [6.07, 6.45) is 0. The van der Waals surface area contributed by atoms with Gasteiger partial charge in [-0.05, 0) is 31.2 Å². The quantitative estimate of drug-likeness (QED) is 0.690. The molecular formula is C19H20F2N3O3+. The highest BCUT2D eigenvalue weighted by Gasteiger charge is 2.15. The van der Waals surface area contributed by atoms with Crippen LogP contribution in [-0.4, -0.2) is 24.2 Å². The molecule has 0 aliphatic carbocycles. The number of aromatic amines is 1. The molecular weight excluding hydrogens is 356 g/mol. The Hall–Kier alpha value is -3.00. The number of nitrogens with one attached hydrogen (secondary N) is 1. The summed E-state index contributed by atoms with van der Waals surface area (Å²) >= 11 is 0. The first kappa shape index (κ1) is 18.8. The second-order valence-corrected chi connectivity index (χ2v) is 6.14. The van der Waals surface area contributed by atoms with Crippen molar-refractivity contribution < 1.29 is 23.6 Å². The van der Waals surface area contributed by atoms with Gasteiger partial charge in [-0.25, -0.2) is 13.8 Å². The standard InChI is InChI=1S/C19H19F2N3O3/c1-10(11-4-5-13(20)14(21)6-11)22-9-18-23-15-8-17(27-3)16(26-2)7-12(15)19(25)24-18/h4-8,10,22H,9H2,1-3H3,(H,23,24,25)/p+1/t10-/m1/s1. The van der Waals surface area contributed by atoms with Crippen molar-refractivity contribution >= 4 is 10.9 Å². The van der Waals surface area contributed by atoms with Gasteiger partial charge in [0.05, 0.1) is 25.1 Å². The van der Waals surface area contributed by atoms with Crippen molar-refractivity contribution in [2.45, 2.75) is 19.5 Å². The summed E-state index contributed by atoms with van der Waals surface area (Å²) < 4.78 is 36.9. The zero-order valence-electron chi connectivity index (χ0n) is 15.2. The van der Waals surface area contributed by atoms with Gasteiger partial charge in [0.25, 0.3) is 5.56 Å². The summed E-state index contributed by atoms with van der Waals surface area (Å²) in [5, 5.41) is 2.27. The fourth-order valence-corrected chi connectivity index (χ4v) is 2.83. The summed E-state index contributed by atoms with van der Waals surface area (Å²) in [6, 6.07) is 6.89. The van der Waals surface area contributed by atoms with E-state index in [0.717, 1.165) is 6.07 Å². The smallest absolute Gasteiger partial charge is 0.259 e. The van der Waals surface area contributed by atoms with Crippen molar-refractivity contribution in [1.29, 1.82) is 0 Å². The van der Waals surface area contributed by atoms with Crippen molar-refractivity contribution in [2.24, 2.45) is 0 Å². The van der Waals surface area contributed by atoms with Crippen molar-refractivity contribution in [3.8, 4) is 11.5 Å². The maximum atomic E-state index is 13.4. The minimum atomic E-state index is -0.883. The highest BCUT2D eigenvalue weighted by molar-refractivity contribution is 5.81. The van der Waals surface area contributed by atoms with Crippen LogP contribution in [0.5, 0.6) is 11.5 Å². The summed E-state index contributed by atoms with van der Waals surface area (Å²) in [4.78, 5) is 19.6. The Labute approximate surface area is 154 Å². The molecule has 1 atom stereocenters. The van der Waals surface area contributed by atoms with Crippen molar-refractivity contribution in [1.82, 2.24) is 9.97 Å². The van der Waals surface area contributed by atoms with E-state index in [1.54, 1.807) is 12.1 Å². The molecule has 3 aromatic rings.